The van der Waals surface area contributed by atoms with E-state index in [-0.39, 0.29) is 18.4 Å². The highest BCUT2D eigenvalue weighted by Gasteiger charge is 2.24. The molecule has 3 rings (SSSR count). The Kier molecular flexibility index (Phi) is 5.33. The van der Waals surface area contributed by atoms with Crippen LogP contribution in [-0.2, 0) is 4.79 Å². The highest BCUT2D eigenvalue weighted by Crippen LogP contribution is 2.12. The lowest BCUT2D eigenvalue weighted by molar-refractivity contribution is -0.134. The second-order valence-electron chi connectivity index (χ2n) is 6.14. The van der Waals surface area contributed by atoms with Crippen LogP contribution in [0, 0.1) is 6.92 Å². The van der Waals surface area contributed by atoms with E-state index >= 15 is 0 Å². The molecular formula is C20H22N2O3. The number of para-hydroxylation sites is 1. The van der Waals surface area contributed by atoms with E-state index in [1.54, 1.807) is 9.80 Å². The molecule has 1 saturated heterocycles. The van der Waals surface area contributed by atoms with E-state index in [4.69, 9.17) is 4.74 Å². The fraction of sp³-hybridized carbons (Fsp3) is 0.300. The molecule has 0 radical (unpaired) electrons. The Balaban J connectivity index is 1.48. The number of carbonyl (C=O) groups is 2. The predicted octanol–water partition coefficient (Wildman–Crippen LogP) is 2.36. The first-order valence-corrected chi connectivity index (χ1v) is 8.45. The molecular weight excluding hydrogens is 316 g/mol. The van der Waals surface area contributed by atoms with Gasteiger partial charge < -0.3 is 14.5 Å². The van der Waals surface area contributed by atoms with Gasteiger partial charge in [-0.15, -0.1) is 0 Å². The van der Waals surface area contributed by atoms with Gasteiger partial charge in [0.05, 0.1) is 0 Å². The van der Waals surface area contributed by atoms with Crippen molar-refractivity contribution >= 4 is 11.8 Å². The maximum atomic E-state index is 12.5. The first-order valence-electron chi connectivity index (χ1n) is 8.45. The number of amides is 2. The van der Waals surface area contributed by atoms with Crippen LogP contribution < -0.4 is 4.74 Å². The van der Waals surface area contributed by atoms with Crippen LogP contribution in [-0.4, -0.2) is 54.4 Å². The van der Waals surface area contributed by atoms with Gasteiger partial charge in [-0.2, -0.15) is 0 Å². The topological polar surface area (TPSA) is 49.9 Å². The normalized spacial score (nSPS) is 14.3. The number of hydrogen-bond acceptors (Lipinski definition) is 3. The molecule has 2 amide bonds. The van der Waals surface area contributed by atoms with Gasteiger partial charge >= 0.3 is 0 Å². The highest BCUT2D eigenvalue weighted by molar-refractivity contribution is 5.94. The molecule has 0 spiro atoms. The van der Waals surface area contributed by atoms with Crippen molar-refractivity contribution in [2.24, 2.45) is 0 Å². The molecule has 0 N–H and O–H groups in total. The summed E-state index contributed by atoms with van der Waals surface area (Å²) in [5.41, 5.74) is 1.82. The van der Waals surface area contributed by atoms with Gasteiger partial charge in [0.2, 0.25) is 0 Å². The van der Waals surface area contributed by atoms with Crippen LogP contribution >= 0.6 is 0 Å². The second-order valence-corrected chi connectivity index (χ2v) is 6.14. The smallest absolute Gasteiger partial charge is 0.260 e. The molecule has 0 atom stereocenters. The van der Waals surface area contributed by atoms with E-state index in [1.165, 1.54) is 0 Å². The number of aryl methyl sites for hydroxylation is 1. The molecule has 130 valence electrons. The Bertz CT molecular complexity index is 720. The average molecular weight is 338 g/mol. The van der Waals surface area contributed by atoms with Crippen LogP contribution in [0.1, 0.15) is 15.9 Å². The largest absolute Gasteiger partial charge is 0.484 e. The van der Waals surface area contributed by atoms with E-state index in [2.05, 4.69) is 0 Å². The van der Waals surface area contributed by atoms with Crippen LogP contribution in [0.4, 0.5) is 0 Å². The molecule has 1 heterocycles. The quantitative estimate of drug-likeness (QED) is 0.860. The van der Waals surface area contributed by atoms with Gasteiger partial charge in [0.1, 0.15) is 5.75 Å². The minimum atomic E-state index is -0.0497. The van der Waals surface area contributed by atoms with Crippen molar-refractivity contribution in [1.82, 2.24) is 9.80 Å². The van der Waals surface area contributed by atoms with Crippen LogP contribution in [0.2, 0.25) is 0 Å². The number of ether oxygens (including phenoxy) is 1. The third-order valence-corrected chi connectivity index (χ3v) is 4.32. The second kappa shape index (κ2) is 7.83. The number of carbonyl (C=O) groups excluding carboxylic acids is 2. The summed E-state index contributed by atoms with van der Waals surface area (Å²) in [7, 11) is 0. The van der Waals surface area contributed by atoms with Gasteiger partial charge in [0, 0.05) is 31.7 Å². The summed E-state index contributed by atoms with van der Waals surface area (Å²) < 4.78 is 5.50. The zero-order valence-corrected chi connectivity index (χ0v) is 14.4. The molecule has 0 aromatic heterocycles. The van der Waals surface area contributed by atoms with Crippen molar-refractivity contribution in [1.29, 1.82) is 0 Å². The van der Waals surface area contributed by atoms with Crippen LogP contribution in [0.5, 0.6) is 5.75 Å². The number of rotatable bonds is 4. The third kappa shape index (κ3) is 4.38. The summed E-state index contributed by atoms with van der Waals surface area (Å²) in [4.78, 5) is 28.3. The van der Waals surface area contributed by atoms with Crippen LogP contribution in [0.15, 0.2) is 54.6 Å². The monoisotopic (exact) mass is 338 g/mol. The molecule has 0 unspecified atom stereocenters. The van der Waals surface area contributed by atoms with Gasteiger partial charge in [0.25, 0.3) is 11.8 Å². The van der Waals surface area contributed by atoms with E-state index in [0.29, 0.717) is 37.5 Å². The Morgan fingerprint density at radius 3 is 2.12 bits per heavy atom. The summed E-state index contributed by atoms with van der Waals surface area (Å²) in [5, 5.41) is 0. The summed E-state index contributed by atoms with van der Waals surface area (Å²) in [6.45, 7) is 4.18. The molecule has 25 heavy (non-hydrogen) atoms. The predicted molar refractivity (Wildman–Crippen MR) is 95.6 cm³/mol. The maximum absolute atomic E-state index is 12.5. The van der Waals surface area contributed by atoms with E-state index in [9.17, 15) is 9.59 Å². The van der Waals surface area contributed by atoms with Crippen molar-refractivity contribution in [2.45, 2.75) is 6.92 Å². The Hall–Kier alpha value is -2.82. The molecule has 1 aliphatic rings. The number of hydrogen-bond donors (Lipinski definition) is 0. The van der Waals surface area contributed by atoms with Gasteiger partial charge in [-0.3, -0.25) is 9.59 Å². The molecule has 5 heteroatoms. The summed E-state index contributed by atoms with van der Waals surface area (Å²) in [6, 6.07) is 16.9. The molecule has 1 aliphatic heterocycles. The fourth-order valence-corrected chi connectivity index (χ4v) is 2.79. The van der Waals surface area contributed by atoms with Gasteiger partial charge in [0.15, 0.2) is 6.61 Å². The van der Waals surface area contributed by atoms with Crippen LogP contribution in [0.25, 0.3) is 0 Å². The number of nitrogens with zero attached hydrogens (tertiary/aromatic N) is 2. The Labute approximate surface area is 147 Å². The highest BCUT2D eigenvalue weighted by atomic mass is 16.5. The standard InChI is InChI=1S/C20H22N2O3/c1-16-7-9-17(10-8-16)20(24)22-13-11-21(12-14-22)19(23)15-25-18-5-3-2-4-6-18/h2-10H,11-15H2,1H3. The zero-order valence-electron chi connectivity index (χ0n) is 14.4. The lowest BCUT2D eigenvalue weighted by Gasteiger charge is -2.34. The van der Waals surface area contributed by atoms with Crippen molar-refractivity contribution in [3.63, 3.8) is 0 Å². The molecule has 0 saturated carbocycles. The minimum Gasteiger partial charge on any atom is -0.484 e. The first-order chi connectivity index (χ1) is 12.1. The Morgan fingerprint density at radius 1 is 0.880 bits per heavy atom. The fourth-order valence-electron chi connectivity index (χ4n) is 2.79. The Morgan fingerprint density at radius 2 is 1.48 bits per heavy atom. The third-order valence-electron chi connectivity index (χ3n) is 4.32. The number of piperazine rings is 1. The summed E-state index contributed by atoms with van der Waals surface area (Å²) >= 11 is 0. The molecule has 0 aliphatic carbocycles. The first kappa shape index (κ1) is 17.0. The van der Waals surface area contributed by atoms with Crippen molar-refractivity contribution in [3.05, 3.63) is 65.7 Å². The van der Waals surface area contributed by atoms with Gasteiger partial charge in [-0.25, -0.2) is 0 Å². The summed E-state index contributed by atoms with van der Waals surface area (Å²) in [5.74, 6) is 0.656. The van der Waals surface area contributed by atoms with Crippen molar-refractivity contribution in [3.8, 4) is 5.75 Å². The van der Waals surface area contributed by atoms with Crippen molar-refractivity contribution < 1.29 is 14.3 Å². The maximum Gasteiger partial charge on any atom is 0.260 e. The van der Waals surface area contributed by atoms with Crippen LogP contribution in [0.3, 0.4) is 0 Å². The lowest BCUT2D eigenvalue weighted by Crippen LogP contribution is -2.51. The lowest BCUT2D eigenvalue weighted by atomic mass is 10.1. The van der Waals surface area contributed by atoms with Crippen molar-refractivity contribution in [2.75, 3.05) is 32.8 Å². The summed E-state index contributed by atoms with van der Waals surface area (Å²) in [6.07, 6.45) is 0. The van der Waals surface area contributed by atoms with E-state index in [1.807, 2.05) is 61.5 Å². The molecule has 1 fully saturated rings. The molecule has 2 aromatic carbocycles. The molecule has 2 aromatic rings. The number of benzene rings is 2. The molecule has 5 nitrogen and oxygen atoms in total. The molecule has 0 bridgehead atoms. The van der Waals surface area contributed by atoms with E-state index in [0.717, 1.165) is 5.56 Å². The minimum absolute atomic E-state index is 0.0210. The van der Waals surface area contributed by atoms with E-state index < -0.39 is 0 Å². The van der Waals surface area contributed by atoms with Gasteiger partial charge in [-0.1, -0.05) is 35.9 Å². The average Bonchev–Trinajstić information content (AvgIpc) is 2.67. The SMILES string of the molecule is Cc1ccc(C(=O)N2CCN(C(=O)COc3ccccc3)CC2)cc1. The zero-order chi connectivity index (χ0) is 17.6. The van der Waals surface area contributed by atoms with Gasteiger partial charge in [-0.05, 0) is 31.2 Å².